The number of amides is 1. The fraction of sp³-hybridized carbons (Fsp3) is 0.462. The largest absolute Gasteiger partial charge is 0.496 e. The van der Waals surface area contributed by atoms with Crippen LogP contribution in [0.4, 0.5) is 0 Å². The molecule has 0 aliphatic rings. The lowest BCUT2D eigenvalue weighted by Crippen LogP contribution is -2.31. The Morgan fingerprint density at radius 1 is 1.31 bits per heavy atom. The summed E-state index contributed by atoms with van der Waals surface area (Å²) < 4.78 is 5.24. The molecule has 0 radical (unpaired) electrons. The summed E-state index contributed by atoms with van der Waals surface area (Å²) in [7, 11) is 1.59. The second-order valence-electron chi connectivity index (χ2n) is 3.63. The summed E-state index contributed by atoms with van der Waals surface area (Å²) in [6, 6.07) is 5.65. The number of carbonyl (C=O) groups is 1. The summed E-state index contributed by atoms with van der Waals surface area (Å²) in [6.45, 7) is 7.32. The number of ether oxygens (including phenoxy) is 1. The van der Waals surface area contributed by atoms with E-state index in [9.17, 15) is 4.79 Å². The van der Waals surface area contributed by atoms with Crippen molar-refractivity contribution in [3.63, 3.8) is 0 Å². The van der Waals surface area contributed by atoms with Gasteiger partial charge in [-0.3, -0.25) is 4.79 Å². The van der Waals surface area contributed by atoms with E-state index in [-0.39, 0.29) is 5.91 Å². The third kappa shape index (κ3) is 2.35. The standard InChI is InChI=1S/C13H19NO2/c1-5-14(6-2)13(15)12-10(3)8-7-9-11(12)16-4/h7-9H,5-6H2,1-4H3. The molecule has 0 spiro atoms. The highest BCUT2D eigenvalue weighted by Gasteiger charge is 2.18. The molecule has 0 N–H and O–H groups in total. The second kappa shape index (κ2) is 5.54. The number of carbonyl (C=O) groups excluding carboxylic acids is 1. The van der Waals surface area contributed by atoms with Crippen molar-refractivity contribution in [3.05, 3.63) is 29.3 Å². The first kappa shape index (κ1) is 12.6. The molecule has 1 aromatic carbocycles. The lowest BCUT2D eigenvalue weighted by atomic mass is 10.1. The molecule has 0 unspecified atom stereocenters. The molecule has 0 saturated carbocycles. The van der Waals surface area contributed by atoms with E-state index in [0.29, 0.717) is 24.4 Å². The molecule has 1 rings (SSSR count). The minimum atomic E-state index is 0.0416. The van der Waals surface area contributed by atoms with Gasteiger partial charge in [0.15, 0.2) is 0 Å². The molecule has 0 aromatic heterocycles. The molecule has 0 aliphatic heterocycles. The molecule has 0 saturated heterocycles. The molecule has 3 nitrogen and oxygen atoms in total. The number of methoxy groups -OCH3 is 1. The van der Waals surface area contributed by atoms with E-state index >= 15 is 0 Å². The van der Waals surface area contributed by atoms with Gasteiger partial charge in [-0.2, -0.15) is 0 Å². The van der Waals surface area contributed by atoms with E-state index in [4.69, 9.17) is 4.74 Å². The zero-order chi connectivity index (χ0) is 12.1. The number of aryl methyl sites for hydroxylation is 1. The fourth-order valence-corrected chi connectivity index (χ4v) is 1.75. The normalized spacial score (nSPS) is 10.0. The molecule has 1 amide bonds. The number of rotatable bonds is 4. The van der Waals surface area contributed by atoms with E-state index < -0.39 is 0 Å². The molecular formula is C13H19NO2. The molecule has 0 fully saturated rings. The third-order valence-electron chi connectivity index (χ3n) is 2.72. The van der Waals surface area contributed by atoms with Crippen molar-refractivity contribution < 1.29 is 9.53 Å². The predicted molar refractivity (Wildman–Crippen MR) is 65.0 cm³/mol. The van der Waals surface area contributed by atoms with Gasteiger partial charge in [0.05, 0.1) is 12.7 Å². The molecule has 0 bridgehead atoms. The first-order valence-corrected chi connectivity index (χ1v) is 5.58. The summed E-state index contributed by atoms with van der Waals surface area (Å²) in [6.07, 6.45) is 0. The molecule has 3 heteroatoms. The average molecular weight is 221 g/mol. The van der Waals surface area contributed by atoms with E-state index in [1.54, 1.807) is 12.0 Å². The van der Waals surface area contributed by atoms with Gasteiger partial charge in [-0.15, -0.1) is 0 Å². The molecule has 88 valence electrons. The van der Waals surface area contributed by atoms with Gasteiger partial charge in [0.1, 0.15) is 5.75 Å². The number of hydrogen-bond acceptors (Lipinski definition) is 2. The van der Waals surface area contributed by atoms with Crippen LogP contribution >= 0.6 is 0 Å². The summed E-state index contributed by atoms with van der Waals surface area (Å²) in [5.41, 5.74) is 1.63. The van der Waals surface area contributed by atoms with Gasteiger partial charge in [-0.25, -0.2) is 0 Å². The van der Waals surface area contributed by atoms with Crippen molar-refractivity contribution in [1.82, 2.24) is 4.90 Å². The van der Waals surface area contributed by atoms with Gasteiger partial charge in [0, 0.05) is 13.1 Å². The molecule has 1 aromatic rings. The monoisotopic (exact) mass is 221 g/mol. The highest BCUT2D eigenvalue weighted by atomic mass is 16.5. The van der Waals surface area contributed by atoms with Gasteiger partial charge >= 0.3 is 0 Å². The van der Waals surface area contributed by atoms with Crippen molar-refractivity contribution in [2.24, 2.45) is 0 Å². The van der Waals surface area contributed by atoms with Crippen LogP contribution in [-0.4, -0.2) is 31.0 Å². The van der Waals surface area contributed by atoms with Crippen LogP contribution in [0.25, 0.3) is 0 Å². The Balaban J connectivity index is 3.16. The van der Waals surface area contributed by atoms with Gasteiger partial charge < -0.3 is 9.64 Å². The predicted octanol–water partition coefficient (Wildman–Crippen LogP) is 2.49. The minimum absolute atomic E-state index is 0.0416. The average Bonchev–Trinajstić information content (AvgIpc) is 2.29. The molecular weight excluding hydrogens is 202 g/mol. The summed E-state index contributed by atoms with van der Waals surface area (Å²) >= 11 is 0. The Morgan fingerprint density at radius 3 is 2.44 bits per heavy atom. The zero-order valence-corrected chi connectivity index (χ0v) is 10.4. The molecule has 16 heavy (non-hydrogen) atoms. The first-order valence-electron chi connectivity index (χ1n) is 5.58. The van der Waals surface area contributed by atoms with E-state index in [1.807, 2.05) is 39.0 Å². The van der Waals surface area contributed by atoms with Crippen LogP contribution in [0.1, 0.15) is 29.8 Å². The van der Waals surface area contributed by atoms with Crippen LogP contribution in [0, 0.1) is 6.92 Å². The zero-order valence-electron chi connectivity index (χ0n) is 10.4. The van der Waals surface area contributed by atoms with E-state index in [2.05, 4.69) is 0 Å². The fourth-order valence-electron chi connectivity index (χ4n) is 1.75. The Hall–Kier alpha value is -1.51. The third-order valence-corrected chi connectivity index (χ3v) is 2.72. The molecule has 0 heterocycles. The van der Waals surface area contributed by atoms with Crippen molar-refractivity contribution in [2.75, 3.05) is 20.2 Å². The van der Waals surface area contributed by atoms with Gasteiger partial charge in [-0.05, 0) is 32.4 Å². The maximum Gasteiger partial charge on any atom is 0.257 e. The highest BCUT2D eigenvalue weighted by molar-refractivity contribution is 5.98. The highest BCUT2D eigenvalue weighted by Crippen LogP contribution is 2.23. The molecule has 0 aliphatic carbocycles. The SMILES string of the molecule is CCN(CC)C(=O)c1c(C)cccc1OC. The Kier molecular flexibility index (Phi) is 4.35. The maximum absolute atomic E-state index is 12.3. The Labute approximate surface area is 97.0 Å². The first-order chi connectivity index (χ1) is 7.65. The van der Waals surface area contributed by atoms with Crippen LogP contribution in [0.15, 0.2) is 18.2 Å². The summed E-state index contributed by atoms with van der Waals surface area (Å²) in [5, 5.41) is 0. The summed E-state index contributed by atoms with van der Waals surface area (Å²) in [4.78, 5) is 14.0. The lowest BCUT2D eigenvalue weighted by Gasteiger charge is -2.21. The van der Waals surface area contributed by atoms with E-state index in [1.165, 1.54) is 0 Å². The van der Waals surface area contributed by atoms with Gasteiger partial charge in [-0.1, -0.05) is 12.1 Å². The summed E-state index contributed by atoms with van der Waals surface area (Å²) in [5.74, 6) is 0.692. The Bertz CT molecular complexity index is 370. The van der Waals surface area contributed by atoms with Crippen molar-refractivity contribution in [3.8, 4) is 5.75 Å². The van der Waals surface area contributed by atoms with Crippen molar-refractivity contribution in [1.29, 1.82) is 0 Å². The molecule has 0 atom stereocenters. The second-order valence-corrected chi connectivity index (χ2v) is 3.63. The number of nitrogens with zero attached hydrogens (tertiary/aromatic N) is 1. The van der Waals surface area contributed by atoms with Crippen LogP contribution < -0.4 is 4.74 Å². The van der Waals surface area contributed by atoms with Gasteiger partial charge in [0.2, 0.25) is 0 Å². The van der Waals surface area contributed by atoms with Crippen LogP contribution in [0.3, 0.4) is 0 Å². The van der Waals surface area contributed by atoms with Crippen LogP contribution in [-0.2, 0) is 0 Å². The van der Waals surface area contributed by atoms with E-state index in [0.717, 1.165) is 5.56 Å². The van der Waals surface area contributed by atoms with Crippen molar-refractivity contribution >= 4 is 5.91 Å². The topological polar surface area (TPSA) is 29.5 Å². The quantitative estimate of drug-likeness (QED) is 0.781. The maximum atomic E-state index is 12.3. The van der Waals surface area contributed by atoms with Crippen LogP contribution in [0.5, 0.6) is 5.75 Å². The number of hydrogen-bond donors (Lipinski definition) is 0. The smallest absolute Gasteiger partial charge is 0.257 e. The lowest BCUT2D eigenvalue weighted by molar-refractivity contribution is 0.0769. The van der Waals surface area contributed by atoms with Crippen LogP contribution in [0.2, 0.25) is 0 Å². The van der Waals surface area contributed by atoms with Gasteiger partial charge in [0.25, 0.3) is 5.91 Å². The minimum Gasteiger partial charge on any atom is -0.496 e. The van der Waals surface area contributed by atoms with Crippen molar-refractivity contribution in [2.45, 2.75) is 20.8 Å². The number of benzene rings is 1. The Morgan fingerprint density at radius 2 is 1.94 bits per heavy atom.